The van der Waals surface area contributed by atoms with Crippen LogP contribution >= 0.6 is 7.44 Å². The van der Waals surface area contributed by atoms with Crippen LogP contribution in [0, 0.1) is 5.41 Å². The molecule has 2 aliphatic heterocycles. The number of morpholine rings is 1. The fourth-order valence-electron chi connectivity index (χ4n) is 6.31. The Morgan fingerprint density at radius 3 is 2.48 bits per heavy atom. The highest BCUT2D eigenvalue weighted by molar-refractivity contribution is 7.58. The van der Waals surface area contributed by atoms with E-state index in [-0.39, 0.29) is 35.6 Å². The van der Waals surface area contributed by atoms with Crippen molar-refractivity contribution in [2.45, 2.75) is 38.8 Å². The van der Waals surface area contributed by atoms with Crippen molar-refractivity contribution >= 4 is 27.0 Å². The Morgan fingerprint density at radius 1 is 1.14 bits per heavy atom. The average molecular weight is 598 g/mol. The van der Waals surface area contributed by atoms with Crippen LogP contribution in [-0.4, -0.2) is 134 Å². The second-order valence-electron chi connectivity index (χ2n) is 13.0. The van der Waals surface area contributed by atoms with Crippen molar-refractivity contribution in [2.24, 2.45) is 5.41 Å². The molecule has 0 spiro atoms. The predicted molar refractivity (Wildman–Crippen MR) is 164 cm³/mol. The number of nitrogens with zero attached hydrogens (tertiary/aromatic N) is 6. The van der Waals surface area contributed by atoms with Gasteiger partial charge in [0.1, 0.15) is 14.2 Å². The van der Waals surface area contributed by atoms with E-state index in [0.717, 1.165) is 30.9 Å². The van der Waals surface area contributed by atoms with Crippen LogP contribution in [0.3, 0.4) is 0 Å². The third kappa shape index (κ3) is 6.59. The first kappa shape index (κ1) is 31.1. The van der Waals surface area contributed by atoms with Crippen molar-refractivity contribution in [2.75, 3.05) is 73.4 Å². The van der Waals surface area contributed by atoms with Gasteiger partial charge < -0.3 is 19.3 Å². The van der Waals surface area contributed by atoms with Gasteiger partial charge in [-0.3, -0.25) is 14.2 Å². The molecule has 13 heteroatoms. The molecular weight excluding hydrogens is 554 g/mol. The summed E-state index contributed by atoms with van der Waals surface area (Å²) < 4.78 is 31.6. The van der Waals surface area contributed by atoms with E-state index in [0.29, 0.717) is 50.3 Å². The molecule has 1 aliphatic carbocycles. The van der Waals surface area contributed by atoms with Crippen LogP contribution in [0.1, 0.15) is 46.7 Å². The molecule has 5 rings (SSSR count). The van der Waals surface area contributed by atoms with Crippen molar-refractivity contribution in [3.63, 3.8) is 0 Å². The first-order valence-electron chi connectivity index (χ1n) is 14.8. The minimum absolute atomic E-state index is 0.0386. The van der Waals surface area contributed by atoms with E-state index in [1.807, 2.05) is 52.6 Å². The summed E-state index contributed by atoms with van der Waals surface area (Å²) in [5.41, 5.74) is 2.93. The number of benzene rings is 1. The zero-order chi connectivity index (χ0) is 30.2. The quantitative estimate of drug-likeness (QED) is 0.333. The fourth-order valence-corrected chi connectivity index (χ4v) is 8.35. The number of hydrogen-bond donors (Lipinski definition) is 0. The highest BCUT2D eigenvalue weighted by Gasteiger charge is 2.38. The third-order valence-electron chi connectivity index (χ3n) is 8.50. The number of ketones is 1. The maximum atomic E-state index is 14.0. The summed E-state index contributed by atoms with van der Waals surface area (Å²) in [5, 5.41) is 4.49. The van der Waals surface area contributed by atoms with Crippen molar-refractivity contribution in [3.8, 4) is 5.69 Å². The number of Topliss-reactive ketones (excluding diaryl/α,β-unsaturated/α-hetero) is 1. The van der Waals surface area contributed by atoms with E-state index in [1.54, 1.807) is 10.9 Å². The van der Waals surface area contributed by atoms with Gasteiger partial charge in [0.25, 0.3) is 5.91 Å². The average Bonchev–Trinajstić information content (AvgIpc) is 3.35. The smallest absolute Gasteiger partial charge is 0.253 e. The molecule has 1 aromatic heterocycles. The lowest BCUT2D eigenvalue weighted by atomic mass is 9.76. The molecule has 0 bridgehead atoms. The van der Waals surface area contributed by atoms with E-state index in [9.17, 15) is 14.2 Å². The number of carbonyl (C=O) groups is 2. The summed E-state index contributed by atoms with van der Waals surface area (Å²) in [4.78, 5) is 30.0. The van der Waals surface area contributed by atoms with E-state index in [2.05, 4.69) is 38.7 Å². The number of aromatic nitrogens is 2. The summed E-state index contributed by atoms with van der Waals surface area (Å²) >= 11 is 0. The highest BCUT2D eigenvalue weighted by atomic mass is 31.2. The summed E-state index contributed by atoms with van der Waals surface area (Å²) in [7, 11) is 4.82. The number of likely N-dealkylation sites (N-methyl/N-ethyl adjacent to an activating group) is 1. The second-order valence-corrected chi connectivity index (χ2v) is 15.9. The van der Waals surface area contributed by atoms with Gasteiger partial charge in [-0.1, -0.05) is 13.8 Å². The molecule has 0 saturated carbocycles. The first-order valence-corrected chi connectivity index (χ1v) is 16.6. The SMILES string of the molecule is BC1CN(C)CC(COCP(=O)(N(C)C)N2CCN(C(=O)c3ccc(-n4ncc5c4CC(C)(C)CC5=O)cc3)CC2)O1. The normalized spacial score (nSPS) is 24.9. The summed E-state index contributed by atoms with van der Waals surface area (Å²) in [6.45, 7) is 8.26. The molecule has 3 atom stereocenters. The van der Waals surface area contributed by atoms with Gasteiger partial charge in [-0.15, -0.1) is 0 Å². The van der Waals surface area contributed by atoms with Gasteiger partial charge in [0, 0.05) is 57.3 Å². The molecule has 0 radical (unpaired) electrons. The summed E-state index contributed by atoms with van der Waals surface area (Å²) in [6.07, 6.45) is 3.03. The Balaban J connectivity index is 1.18. The van der Waals surface area contributed by atoms with Gasteiger partial charge in [-0.2, -0.15) is 5.10 Å². The predicted octanol–water partition coefficient (Wildman–Crippen LogP) is 1.80. The van der Waals surface area contributed by atoms with Crippen LogP contribution < -0.4 is 0 Å². The van der Waals surface area contributed by atoms with Crippen LogP contribution in [0.2, 0.25) is 0 Å². The first-order chi connectivity index (χ1) is 19.9. The molecular formula is C29H44BN6O5P. The number of ether oxygens (including phenoxy) is 2. The van der Waals surface area contributed by atoms with Gasteiger partial charge in [0.05, 0.1) is 35.9 Å². The van der Waals surface area contributed by atoms with Crippen molar-refractivity contribution in [3.05, 3.63) is 47.3 Å². The molecule has 2 aromatic rings. The van der Waals surface area contributed by atoms with Gasteiger partial charge in [0.2, 0.25) is 7.44 Å². The lowest BCUT2D eigenvalue weighted by molar-refractivity contribution is -0.0748. The molecule has 1 aromatic carbocycles. The van der Waals surface area contributed by atoms with Crippen LogP contribution in [0.25, 0.3) is 5.69 Å². The van der Waals surface area contributed by atoms with E-state index < -0.39 is 7.44 Å². The minimum Gasteiger partial charge on any atom is -0.379 e. The number of amides is 1. The molecule has 2 saturated heterocycles. The zero-order valence-electron chi connectivity index (χ0n) is 25.8. The van der Waals surface area contributed by atoms with E-state index >= 15 is 0 Å². The lowest BCUT2D eigenvalue weighted by Crippen LogP contribution is -2.49. The Labute approximate surface area is 250 Å². The number of fused-ring (bicyclic) bond motifs is 1. The molecule has 3 unspecified atom stereocenters. The molecule has 3 aliphatic rings. The van der Waals surface area contributed by atoms with E-state index in [1.165, 1.54) is 0 Å². The number of carbonyl (C=O) groups excluding carboxylic acids is 2. The molecule has 2 fully saturated rings. The van der Waals surface area contributed by atoms with Crippen molar-refractivity contribution in [1.82, 2.24) is 28.9 Å². The molecule has 1 amide bonds. The van der Waals surface area contributed by atoms with Crippen molar-refractivity contribution < 1.29 is 23.6 Å². The highest BCUT2D eigenvalue weighted by Crippen LogP contribution is 2.51. The third-order valence-corrected chi connectivity index (χ3v) is 11.5. The van der Waals surface area contributed by atoms with Crippen LogP contribution in [0.15, 0.2) is 30.5 Å². The molecule has 42 heavy (non-hydrogen) atoms. The standard InChI is InChI=1S/C29H44BN6O5P/c1-29(2)14-25-24(26(37)15-29)16-31-36(25)22-8-6-21(7-9-22)28(38)34-10-12-35(13-11-34)42(39,32(3)4)20-40-19-23-17-33(5)18-27(30)41-23/h6-9,16,23,27H,10-15,17-20,30H2,1-5H3. The monoisotopic (exact) mass is 598 g/mol. The number of rotatable bonds is 8. The zero-order valence-corrected chi connectivity index (χ0v) is 26.7. The summed E-state index contributed by atoms with van der Waals surface area (Å²) in [6, 6.07) is 7.55. The maximum Gasteiger partial charge on any atom is 0.253 e. The minimum atomic E-state index is -2.95. The molecule has 11 nitrogen and oxygen atoms in total. The topological polar surface area (TPSA) is 100 Å². The number of piperazine rings is 1. The summed E-state index contributed by atoms with van der Waals surface area (Å²) in [5.74, 6) is 0.0770. The second kappa shape index (κ2) is 12.3. The fraction of sp³-hybridized carbons (Fsp3) is 0.621. The Bertz CT molecular complexity index is 1330. The molecule has 3 heterocycles. The van der Waals surface area contributed by atoms with Crippen LogP contribution in [-0.2, 0) is 20.5 Å². The Hall–Kier alpha value is -2.34. The van der Waals surface area contributed by atoms with Gasteiger partial charge in [0.15, 0.2) is 5.78 Å². The largest absolute Gasteiger partial charge is 0.379 e. The lowest BCUT2D eigenvalue weighted by Gasteiger charge is -2.41. The Morgan fingerprint density at radius 2 is 1.83 bits per heavy atom. The molecule has 0 N–H and O–H groups in total. The number of hydrogen-bond acceptors (Lipinski definition) is 7. The van der Waals surface area contributed by atoms with Gasteiger partial charge in [-0.05, 0) is 57.2 Å². The maximum absolute atomic E-state index is 14.0. The van der Waals surface area contributed by atoms with Crippen molar-refractivity contribution in [1.29, 1.82) is 0 Å². The van der Waals surface area contributed by atoms with E-state index in [4.69, 9.17) is 9.47 Å². The van der Waals surface area contributed by atoms with Gasteiger partial charge >= 0.3 is 0 Å². The Kier molecular flexibility index (Phi) is 9.14. The molecule has 228 valence electrons. The van der Waals surface area contributed by atoms with Gasteiger partial charge in [-0.25, -0.2) is 14.0 Å². The van der Waals surface area contributed by atoms with Crippen LogP contribution in [0.5, 0.6) is 0 Å². The van der Waals surface area contributed by atoms with Crippen LogP contribution in [0.4, 0.5) is 0 Å².